The van der Waals surface area contributed by atoms with Crippen LogP contribution in [0.25, 0.3) is 11.3 Å². The Morgan fingerprint density at radius 2 is 2.06 bits per heavy atom. The minimum absolute atomic E-state index is 0.177. The number of aliphatic hydroxyl groups excluding tert-OH is 1. The fourth-order valence-corrected chi connectivity index (χ4v) is 4.01. The highest BCUT2D eigenvalue weighted by Gasteiger charge is 2.23. The third-order valence-corrected chi connectivity index (χ3v) is 5.74. The molecule has 0 bridgehead atoms. The predicted molar refractivity (Wildman–Crippen MR) is 134 cm³/mol. The van der Waals surface area contributed by atoms with E-state index in [9.17, 15) is 5.11 Å². The molecule has 0 amide bonds. The topological polar surface area (TPSA) is 103 Å². The van der Waals surface area contributed by atoms with Gasteiger partial charge in [0.2, 0.25) is 0 Å². The summed E-state index contributed by atoms with van der Waals surface area (Å²) in [4.78, 5) is 7.14. The van der Waals surface area contributed by atoms with Gasteiger partial charge in [0.25, 0.3) is 0 Å². The lowest BCUT2D eigenvalue weighted by Crippen LogP contribution is -2.37. The summed E-state index contributed by atoms with van der Waals surface area (Å²) in [6, 6.07) is 10.3. The van der Waals surface area contributed by atoms with Crippen LogP contribution >= 0.6 is 0 Å². The van der Waals surface area contributed by atoms with Gasteiger partial charge >= 0.3 is 0 Å². The molecule has 0 saturated carbocycles. The van der Waals surface area contributed by atoms with Gasteiger partial charge in [-0.15, -0.1) is 0 Å². The fourth-order valence-electron chi connectivity index (χ4n) is 4.01. The van der Waals surface area contributed by atoms with E-state index in [0.29, 0.717) is 24.2 Å². The standard InChI is InChI=1S/C25H37N5O3/c1-17(2)28-25-22(14-26)24(30(4)19-8-10-32-11-9-19)13-23(29-25)18-6-5-7-21(12-18)33-16-20(31)15-27-3/h5-7,12-14,17,19-20,26-27,31H,8-11,15-16H2,1-4H3,(H,28,29). The van der Waals surface area contributed by atoms with Crippen LogP contribution in [-0.4, -0.2) is 75.0 Å². The summed E-state index contributed by atoms with van der Waals surface area (Å²) in [7, 11) is 3.88. The van der Waals surface area contributed by atoms with Crippen molar-refractivity contribution in [1.29, 1.82) is 5.41 Å². The summed E-state index contributed by atoms with van der Waals surface area (Å²) in [6.45, 7) is 6.32. The smallest absolute Gasteiger partial charge is 0.137 e. The number of nitrogens with one attached hydrogen (secondary N) is 3. The third-order valence-electron chi connectivity index (χ3n) is 5.74. The average molecular weight is 456 g/mol. The summed E-state index contributed by atoms with van der Waals surface area (Å²) in [5.41, 5.74) is 3.48. The molecule has 180 valence electrons. The van der Waals surface area contributed by atoms with Crippen LogP contribution in [0.1, 0.15) is 32.3 Å². The van der Waals surface area contributed by atoms with Crippen molar-refractivity contribution in [3.05, 3.63) is 35.9 Å². The van der Waals surface area contributed by atoms with Crippen molar-refractivity contribution >= 4 is 17.7 Å². The highest BCUT2D eigenvalue weighted by molar-refractivity contribution is 5.94. The van der Waals surface area contributed by atoms with Crippen molar-refractivity contribution in [1.82, 2.24) is 10.3 Å². The Balaban J connectivity index is 1.97. The molecule has 1 aromatic heterocycles. The van der Waals surface area contributed by atoms with Crippen LogP contribution in [0.4, 0.5) is 11.5 Å². The molecular weight excluding hydrogens is 418 g/mol. The van der Waals surface area contributed by atoms with E-state index in [1.165, 1.54) is 6.21 Å². The highest BCUT2D eigenvalue weighted by Crippen LogP contribution is 2.34. The van der Waals surface area contributed by atoms with Crippen molar-refractivity contribution in [3.8, 4) is 17.0 Å². The summed E-state index contributed by atoms with van der Waals surface area (Å²) in [5, 5.41) is 24.4. The molecule has 8 heteroatoms. The molecule has 0 spiro atoms. The normalized spacial score (nSPS) is 15.3. The predicted octanol–water partition coefficient (Wildman–Crippen LogP) is 3.14. The molecule has 3 rings (SSSR count). The number of aliphatic hydroxyl groups is 1. The Morgan fingerprint density at radius 3 is 2.73 bits per heavy atom. The number of anilines is 2. The molecule has 1 aliphatic rings. The Bertz CT molecular complexity index is 915. The average Bonchev–Trinajstić information content (AvgIpc) is 2.82. The maximum Gasteiger partial charge on any atom is 0.137 e. The second-order valence-electron chi connectivity index (χ2n) is 8.74. The Labute approximate surface area is 196 Å². The molecule has 1 aromatic carbocycles. The van der Waals surface area contributed by atoms with Crippen LogP contribution in [0, 0.1) is 5.41 Å². The van der Waals surface area contributed by atoms with Crippen LogP contribution in [-0.2, 0) is 4.74 Å². The summed E-state index contributed by atoms with van der Waals surface area (Å²) >= 11 is 0. The largest absolute Gasteiger partial charge is 0.491 e. The molecular formula is C25H37N5O3. The fraction of sp³-hybridized carbons (Fsp3) is 0.520. The van der Waals surface area contributed by atoms with Gasteiger partial charge < -0.3 is 35.5 Å². The zero-order valence-electron chi connectivity index (χ0n) is 20.1. The van der Waals surface area contributed by atoms with Crippen LogP contribution in [0.15, 0.2) is 30.3 Å². The van der Waals surface area contributed by atoms with Gasteiger partial charge in [-0.25, -0.2) is 4.98 Å². The first-order valence-corrected chi connectivity index (χ1v) is 11.6. The second-order valence-corrected chi connectivity index (χ2v) is 8.74. The monoisotopic (exact) mass is 455 g/mol. The van der Waals surface area contributed by atoms with Gasteiger partial charge in [0.15, 0.2) is 0 Å². The second kappa shape index (κ2) is 12.0. The van der Waals surface area contributed by atoms with E-state index >= 15 is 0 Å². The van der Waals surface area contributed by atoms with Crippen LogP contribution < -0.4 is 20.3 Å². The number of rotatable bonds is 11. The number of ether oxygens (including phenoxy) is 2. The number of nitrogens with zero attached hydrogens (tertiary/aromatic N) is 2. The van der Waals surface area contributed by atoms with E-state index in [4.69, 9.17) is 19.9 Å². The van der Waals surface area contributed by atoms with Gasteiger partial charge in [0.1, 0.15) is 24.3 Å². The van der Waals surface area contributed by atoms with Crippen molar-refractivity contribution in [3.63, 3.8) is 0 Å². The number of hydrogen-bond acceptors (Lipinski definition) is 8. The lowest BCUT2D eigenvalue weighted by molar-refractivity contribution is 0.0855. The SMILES string of the molecule is CNCC(O)COc1cccc(-c2cc(N(C)C3CCOCC3)c(C=N)c(NC(C)C)n2)c1. The molecule has 0 radical (unpaired) electrons. The Kier molecular flexibility index (Phi) is 9.05. The van der Waals surface area contributed by atoms with Gasteiger partial charge in [0.05, 0.1) is 16.9 Å². The van der Waals surface area contributed by atoms with E-state index in [2.05, 4.69) is 42.5 Å². The molecule has 1 aliphatic heterocycles. The first-order chi connectivity index (χ1) is 15.9. The first kappa shape index (κ1) is 25.0. The van der Waals surface area contributed by atoms with Crippen LogP contribution in [0.5, 0.6) is 5.75 Å². The minimum Gasteiger partial charge on any atom is -0.491 e. The summed E-state index contributed by atoms with van der Waals surface area (Å²) in [5.74, 6) is 1.38. The maximum atomic E-state index is 9.95. The molecule has 1 fully saturated rings. The Morgan fingerprint density at radius 1 is 1.30 bits per heavy atom. The minimum atomic E-state index is -0.578. The molecule has 8 nitrogen and oxygen atoms in total. The van der Waals surface area contributed by atoms with E-state index in [1.807, 2.05) is 24.3 Å². The number of pyridine rings is 1. The van der Waals surface area contributed by atoms with Crippen LogP contribution in [0.2, 0.25) is 0 Å². The van der Waals surface area contributed by atoms with E-state index in [-0.39, 0.29) is 12.6 Å². The molecule has 33 heavy (non-hydrogen) atoms. The van der Waals surface area contributed by atoms with Gasteiger partial charge in [-0.05, 0) is 51.9 Å². The van der Waals surface area contributed by atoms with Gasteiger partial charge in [-0.1, -0.05) is 12.1 Å². The number of likely N-dealkylation sites (N-methyl/N-ethyl adjacent to an activating group) is 1. The van der Waals surface area contributed by atoms with Gasteiger partial charge in [-0.2, -0.15) is 0 Å². The zero-order chi connectivity index (χ0) is 23.8. The zero-order valence-corrected chi connectivity index (χ0v) is 20.1. The van der Waals surface area contributed by atoms with E-state index in [0.717, 1.165) is 48.6 Å². The highest BCUT2D eigenvalue weighted by atomic mass is 16.5. The van der Waals surface area contributed by atoms with Crippen LogP contribution in [0.3, 0.4) is 0 Å². The van der Waals surface area contributed by atoms with Crippen molar-refractivity contribution in [2.24, 2.45) is 0 Å². The van der Waals surface area contributed by atoms with E-state index in [1.54, 1.807) is 7.05 Å². The molecule has 0 aliphatic carbocycles. The molecule has 2 heterocycles. The number of aromatic nitrogens is 1. The molecule has 2 aromatic rings. The van der Waals surface area contributed by atoms with Gasteiger partial charge in [0, 0.05) is 50.7 Å². The molecule has 4 N–H and O–H groups in total. The lowest BCUT2D eigenvalue weighted by atomic mass is 10.0. The number of benzene rings is 1. The van der Waals surface area contributed by atoms with Crippen molar-refractivity contribution < 1.29 is 14.6 Å². The molecule has 1 atom stereocenters. The molecule has 1 saturated heterocycles. The number of hydrogen-bond donors (Lipinski definition) is 4. The quantitative estimate of drug-likeness (QED) is 0.386. The van der Waals surface area contributed by atoms with Crippen molar-refractivity contribution in [2.75, 3.05) is 50.7 Å². The Hall–Kier alpha value is -2.68. The van der Waals surface area contributed by atoms with E-state index < -0.39 is 6.10 Å². The molecule has 1 unspecified atom stereocenters. The van der Waals surface area contributed by atoms with Crippen molar-refractivity contribution in [2.45, 2.75) is 44.9 Å². The van der Waals surface area contributed by atoms with Gasteiger partial charge in [-0.3, -0.25) is 0 Å². The summed E-state index contributed by atoms with van der Waals surface area (Å²) in [6.07, 6.45) is 2.72. The summed E-state index contributed by atoms with van der Waals surface area (Å²) < 4.78 is 11.3. The first-order valence-electron chi connectivity index (χ1n) is 11.6. The lowest BCUT2D eigenvalue weighted by Gasteiger charge is -2.34. The third kappa shape index (κ3) is 6.66. The maximum absolute atomic E-state index is 9.95.